The van der Waals surface area contributed by atoms with Crippen LogP contribution >= 0.6 is 11.3 Å². The predicted molar refractivity (Wildman–Crippen MR) is 138 cm³/mol. The van der Waals surface area contributed by atoms with E-state index in [2.05, 4.69) is 20.5 Å². The molecule has 1 aromatic carbocycles. The maximum atomic E-state index is 10.0. The summed E-state index contributed by atoms with van der Waals surface area (Å²) in [7, 11) is 0.431. The number of hydrogen-bond acceptors (Lipinski definition) is 8. The lowest BCUT2D eigenvalue weighted by atomic mass is 9.90. The molecule has 1 fully saturated rings. The van der Waals surface area contributed by atoms with Gasteiger partial charge in [0.15, 0.2) is 0 Å². The van der Waals surface area contributed by atoms with Crippen LogP contribution in [0.25, 0.3) is 10.2 Å². The highest BCUT2D eigenvalue weighted by molar-refractivity contribution is 7.16. The quantitative estimate of drug-likeness (QED) is 0.493. The van der Waals surface area contributed by atoms with E-state index < -0.39 is 23.4 Å². The number of hydrogen-bond donors (Lipinski definition) is 2. The van der Waals surface area contributed by atoms with Gasteiger partial charge in [0.25, 0.3) is 0 Å². The maximum Gasteiger partial charge on any atom is 0.439 e. The molecule has 0 bridgehead atoms. The lowest BCUT2D eigenvalue weighted by molar-refractivity contribution is 0.00578. The Balaban J connectivity index is 0.000000428. The number of ether oxygens (including phenoxy) is 2. The molecule has 0 radical (unpaired) electrons. The molecule has 0 atom stereocenters. The molecule has 0 aliphatic carbocycles. The van der Waals surface area contributed by atoms with Gasteiger partial charge in [-0.05, 0) is 81.4 Å². The average molecular weight is 497 g/mol. The lowest BCUT2D eigenvalue weighted by Crippen LogP contribution is -2.41. The summed E-state index contributed by atoms with van der Waals surface area (Å²) < 4.78 is 21.1. The Bertz CT molecular complexity index is 834. The van der Waals surface area contributed by atoms with Gasteiger partial charge < -0.3 is 30.2 Å². The van der Waals surface area contributed by atoms with Crippen molar-refractivity contribution in [1.82, 2.24) is 4.98 Å². The Morgan fingerprint density at radius 3 is 1.56 bits per heavy atom. The number of nitrogens with zero attached hydrogens (tertiary/aromatic N) is 1. The van der Waals surface area contributed by atoms with Crippen LogP contribution in [0, 0.1) is 0 Å². The van der Waals surface area contributed by atoms with Gasteiger partial charge in [-0.15, -0.1) is 11.3 Å². The highest BCUT2D eigenvalue weighted by Gasteiger charge is 2.44. The molecule has 34 heavy (non-hydrogen) atoms. The zero-order chi connectivity index (χ0) is 26.8. The number of carbonyl (C=O) groups excluding carboxylic acids is 2. The largest absolute Gasteiger partial charge is 0.444 e. The number of fused-ring (bicyclic) bond motifs is 1. The van der Waals surface area contributed by atoms with E-state index in [-0.39, 0.29) is 11.2 Å². The fourth-order valence-electron chi connectivity index (χ4n) is 2.08. The van der Waals surface area contributed by atoms with Crippen LogP contribution in [0.3, 0.4) is 0 Å². The van der Waals surface area contributed by atoms with Crippen molar-refractivity contribution in [3.8, 4) is 0 Å². The first-order valence-corrected chi connectivity index (χ1v) is 11.7. The molecule has 9 nitrogen and oxygen atoms in total. The van der Waals surface area contributed by atoms with Crippen LogP contribution in [0.2, 0.25) is 0 Å². The van der Waals surface area contributed by atoms with Gasteiger partial charge in [0, 0.05) is 0 Å². The van der Waals surface area contributed by atoms with E-state index in [4.69, 9.17) is 20.8 Å². The minimum Gasteiger partial charge on any atom is -0.444 e. The Morgan fingerprint density at radius 2 is 1.29 bits per heavy atom. The Morgan fingerprint density at radius 1 is 0.882 bits per heavy atom. The highest BCUT2D eigenvalue weighted by atomic mass is 32.1. The van der Waals surface area contributed by atoms with E-state index in [9.17, 15) is 9.59 Å². The molecule has 2 heterocycles. The van der Waals surface area contributed by atoms with Gasteiger partial charge in [-0.25, -0.2) is 14.6 Å². The van der Waals surface area contributed by atoms with Gasteiger partial charge in [0.2, 0.25) is 0 Å². The molecular weight excluding hydrogens is 457 g/mol. The first kappa shape index (κ1) is 31.6. The fraction of sp³-hybridized carbons (Fsp3) is 0.609. The van der Waals surface area contributed by atoms with E-state index in [1.54, 1.807) is 52.9 Å². The van der Waals surface area contributed by atoms with Gasteiger partial charge in [-0.1, -0.05) is 12.1 Å². The summed E-state index contributed by atoms with van der Waals surface area (Å²) >= 11 is 1.68. The first-order valence-electron chi connectivity index (χ1n) is 10.8. The third-order valence-corrected chi connectivity index (χ3v) is 5.15. The SMILES string of the molecule is CC(C)(C)OC(N)=O.CC(C)(C)OC(N)=O.CC1(C)OBOC1(C)C.c1ccc2scnc2c1. The average Bonchev–Trinajstić information content (AvgIpc) is 3.16. The summed E-state index contributed by atoms with van der Waals surface area (Å²) in [4.78, 5) is 24.2. The number of benzene rings is 1. The number of carbonyl (C=O) groups is 2. The van der Waals surface area contributed by atoms with Gasteiger partial charge in [0.1, 0.15) is 11.2 Å². The van der Waals surface area contributed by atoms with E-state index >= 15 is 0 Å². The second-order valence-electron chi connectivity index (χ2n) is 10.3. The number of nitrogens with two attached hydrogens (primary N) is 2. The number of amides is 2. The van der Waals surface area contributed by atoms with Gasteiger partial charge in [0.05, 0.1) is 26.9 Å². The van der Waals surface area contributed by atoms with Crippen LogP contribution in [0.1, 0.15) is 69.2 Å². The van der Waals surface area contributed by atoms with Gasteiger partial charge in [-0.2, -0.15) is 0 Å². The Labute approximate surface area is 207 Å². The van der Waals surface area contributed by atoms with E-state index in [1.807, 2.05) is 51.4 Å². The number of para-hydroxylation sites is 1. The van der Waals surface area contributed by atoms with Crippen molar-refractivity contribution in [2.75, 3.05) is 0 Å². The molecule has 0 spiro atoms. The lowest BCUT2D eigenvalue weighted by Gasteiger charge is -2.32. The van der Waals surface area contributed by atoms with Crippen molar-refractivity contribution in [3.63, 3.8) is 0 Å². The van der Waals surface area contributed by atoms with Crippen LogP contribution < -0.4 is 11.5 Å². The second-order valence-corrected chi connectivity index (χ2v) is 11.2. The molecule has 0 unspecified atom stereocenters. The third-order valence-electron chi connectivity index (χ3n) is 4.34. The van der Waals surface area contributed by atoms with Crippen LogP contribution in [0.4, 0.5) is 9.59 Å². The normalized spacial score (nSPS) is 15.7. The van der Waals surface area contributed by atoms with Crippen LogP contribution in [-0.2, 0) is 18.8 Å². The minimum atomic E-state index is -0.725. The summed E-state index contributed by atoms with van der Waals surface area (Å²) in [6, 6.07) is 8.13. The molecule has 1 aliphatic heterocycles. The molecule has 3 rings (SSSR count). The molecule has 1 aromatic heterocycles. The summed E-state index contributed by atoms with van der Waals surface area (Å²) in [5.74, 6) is 0. The zero-order valence-corrected chi connectivity index (χ0v) is 22.9. The molecular formula is C23H40BN3O6S. The number of aromatic nitrogens is 1. The monoisotopic (exact) mass is 497 g/mol. The summed E-state index contributed by atoms with van der Waals surface area (Å²) in [5, 5.41) is 0. The summed E-state index contributed by atoms with van der Waals surface area (Å²) in [5.41, 5.74) is 11.2. The Hall–Kier alpha value is -2.37. The molecule has 1 aliphatic rings. The second kappa shape index (κ2) is 12.9. The molecule has 4 N–H and O–H groups in total. The molecule has 11 heteroatoms. The molecule has 0 saturated carbocycles. The summed E-state index contributed by atoms with van der Waals surface area (Å²) in [6.07, 6.45) is -1.45. The molecule has 2 aromatic rings. The molecule has 192 valence electrons. The van der Waals surface area contributed by atoms with Crippen molar-refractivity contribution >= 4 is 41.4 Å². The zero-order valence-electron chi connectivity index (χ0n) is 22.1. The van der Waals surface area contributed by atoms with Crippen LogP contribution in [0.15, 0.2) is 29.8 Å². The van der Waals surface area contributed by atoms with Crippen LogP contribution in [-0.4, -0.2) is 47.3 Å². The smallest absolute Gasteiger partial charge is 0.439 e. The van der Waals surface area contributed by atoms with Crippen molar-refractivity contribution in [2.45, 2.75) is 91.6 Å². The van der Waals surface area contributed by atoms with Crippen molar-refractivity contribution < 1.29 is 28.4 Å². The Kier molecular flexibility index (Phi) is 12.0. The van der Waals surface area contributed by atoms with E-state index in [0.29, 0.717) is 7.69 Å². The fourth-order valence-corrected chi connectivity index (χ4v) is 2.76. The molecule has 1 saturated heterocycles. The van der Waals surface area contributed by atoms with Gasteiger partial charge >= 0.3 is 19.9 Å². The molecule has 2 amide bonds. The highest BCUT2D eigenvalue weighted by Crippen LogP contribution is 2.33. The maximum absolute atomic E-state index is 10.0. The number of rotatable bonds is 0. The predicted octanol–water partition coefficient (Wildman–Crippen LogP) is 4.91. The minimum absolute atomic E-state index is 0.132. The van der Waals surface area contributed by atoms with Gasteiger partial charge in [-0.3, -0.25) is 0 Å². The van der Waals surface area contributed by atoms with Crippen LogP contribution in [0.5, 0.6) is 0 Å². The number of primary amides is 2. The topological polar surface area (TPSA) is 136 Å². The van der Waals surface area contributed by atoms with E-state index in [0.717, 1.165) is 5.52 Å². The third kappa shape index (κ3) is 14.0. The number of thiazole rings is 1. The van der Waals surface area contributed by atoms with Crippen molar-refractivity contribution in [1.29, 1.82) is 0 Å². The van der Waals surface area contributed by atoms with Crippen molar-refractivity contribution in [2.24, 2.45) is 11.5 Å². The standard InChI is InChI=1S/C7H5NS.C6H13BO2.2C5H11NO2/c1-2-4-7-6(3-1)8-5-9-7;1-5(2)6(3,4)9-7-8-5;2*1-5(2,3)8-4(6)7/h1-5H;7H,1-4H3;2*1-3H3,(H2,6,7). The van der Waals surface area contributed by atoms with Crippen molar-refractivity contribution in [3.05, 3.63) is 29.8 Å². The first-order chi connectivity index (χ1) is 15.3. The summed E-state index contributed by atoms with van der Waals surface area (Å²) in [6.45, 7) is 18.7. The van der Waals surface area contributed by atoms with E-state index in [1.165, 1.54) is 4.70 Å².